The standard InChI is InChI=1S/C22H29N3O4/c1-16(26)7-8-18-9-11-19(12-10-18)28-15-20(27)24-22(13-5-3-4-6-14-22)21-23-17(2)29-25-21/h9-12H,3-8,13-15H2,1-2H3,(H,24,27). The predicted octanol–water partition coefficient (Wildman–Crippen LogP) is 3.64. The zero-order valence-corrected chi connectivity index (χ0v) is 17.2. The van der Waals surface area contributed by atoms with Crippen LogP contribution >= 0.6 is 0 Å². The van der Waals surface area contributed by atoms with Crippen molar-refractivity contribution in [3.05, 3.63) is 41.5 Å². The normalized spacial score (nSPS) is 16.1. The van der Waals surface area contributed by atoms with Gasteiger partial charge in [-0.3, -0.25) is 4.79 Å². The predicted molar refractivity (Wildman–Crippen MR) is 107 cm³/mol. The van der Waals surface area contributed by atoms with E-state index in [0.29, 0.717) is 30.3 Å². The van der Waals surface area contributed by atoms with E-state index in [9.17, 15) is 9.59 Å². The molecule has 1 fully saturated rings. The fourth-order valence-corrected chi connectivity index (χ4v) is 3.75. The molecule has 1 saturated carbocycles. The molecule has 1 aromatic heterocycles. The molecule has 1 aliphatic rings. The van der Waals surface area contributed by atoms with Crippen LogP contribution < -0.4 is 10.1 Å². The highest BCUT2D eigenvalue weighted by Gasteiger charge is 2.38. The average Bonchev–Trinajstić information content (AvgIpc) is 3.01. The largest absolute Gasteiger partial charge is 0.484 e. The highest BCUT2D eigenvalue weighted by molar-refractivity contribution is 5.78. The molecule has 0 spiro atoms. The number of ketones is 1. The molecule has 0 bridgehead atoms. The lowest BCUT2D eigenvalue weighted by Gasteiger charge is -2.30. The number of aryl methyl sites for hydroxylation is 2. The minimum atomic E-state index is -0.592. The van der Waals surface area contributed by atoms with Crippen molar-refractivity contribution in [3.8, 4) is 5.75 Å². The molecule has 0 saturated heterocycles. The van der Waals surface area contributed by atoms with Crippen molar-refractivity contribution < 1.29 is 18.8 Å². The second kappa shape index (κ2) is 9.67. The van der Waals surface area contributed by atoms with Gasteiger partial charge in [0.2, 0.25) is 5.89 Å². The summed E-state index contributed by atoms with van der Waals surface area (Å²) < 4.78 is 10.8. The Labute approximate surface area is 171 Å². The van der Waals surface area contributed by atoms with E-state index in [1.165, 1.54) is 0 Å². The quantitative estimate of drug-likeness (QED) is 0.681. The number of rotatable bonds is 8. The summed E-state index contributed by atoms with van der Waals surface area (Å²) in [4.78, 5) is 28.2. The molecule has 0 unspecified atom stereocenters. The van der Waals surface area contributed by atoms with Gasteiger partial charge in [0.1, 0.15) is 17.1 Å². The van der Waals surface area contributed by atoms with Crippen molar-refractivity contribution in [2.45, 2.75) is 70.8 Å². The van der Waals surface area contributed by atoms with Crippen LogP contribution in [0.15, 0.2) is 28.8 Å². The molecule has 3 rings (SSSR count). The number of Topliss-reactive ketones (excluding diaryl/α,β-unsaturated/α-hetero) is 1. The summed E-state index contributed by atoms with van der Waals surface area (Å²) in [5, 5.41) is 7.23. The maximum atomic E-state index is 12.7. The minimum absolute atomic E-state index is 0.0780. The third-order valence-electron chi connectivity index (χ3n) is 5.35. The van der Waals surface area contributed by atoms with E-state index < -0.39 is 5.54 Å². The van der Waals surface area contributed by atoms with Crippen molar-refractivity contribution in [1.82, 2.24) is 15.5 Å². The number of amides is 1. The Bertz CT molecular complexity index is 821. The number of carbonyl (C=O) groups excluding carboxylic acids is 2. The van der Waals surface area contributed by atoms with Crippen LogP contribution in [-0.2, 0) is 21.5 Å². The monoisotopic (exact) mass is 399 g/mol. The number of nitrogens with one attached hydrogen (secondary N) is 1. The maximum Gasteiger partial charge on any atom is 0.258 e. The molecule has 7 nitrogen and oxygen atoms in total. The first kappa shape index (κ1) is 21.0. The first-order valence-electron chi connectivity index (χ1n) is 10.3. The first-order valence-corrected chi connectivity index (χ1v) is 10.3. The van der Waals surface area contributed by atoms with Gasteiger partial charge in [0, 0.05) is 13.3 Å². The zero-order chi connectivity index (χ0) is 20.7. The number of carbonyl (C=O) groups is 2. The van der Waals surface area contributed by atoms with E-state index in [0.717, 1.165) is 44.1 Å². The molecular weight excluding hydrogens is 370 g/mol. The average molecular weight is 399 g/mol. The Morgan fingerprint density at radius 1 is 1.14 bits per heavy atom. The molecule has 2 aromatic rings. The first-order chi connectivity index (χ1) is 14.0. The number of hydrogen-bond acceptors (Lipinski definition) is 6. The number of benzene rings is 1. The third kappa shape index (κ3) is 5.89. The summed E-state index contributed by atoms with van der Waals surface area (Å²) in [6, 6.07) is 7.50. The summed E-state index contributed by atoms with van der Waals surface area (Å²) in [6.07, 6.45) is 7.13. The van der Waals surface area contributed by atoms with Crippen LogP contribution in [0.3, 0.4) is 0 Å². The molecule has 29 heavy (non-hydrogen) atoms. The smallest absolute Gasteiger partial charge is 0.258 e. The number of hydrogen-bond donors (Lipinski definition) is 1. The Morgan fingerprint density at radius 2 is 1.83 bits per heavy atom. The lowest BCUT2D eigenvalue weighted by molar-refractivity contribution is -0.125. The van der Waals surface area contributed by atoms with Gasteiger partial charge in [0.25, 0.3) is 5.91 Å². The topological polar surface area (TPSA) is 94.3 Å². The van der Waals surface area contributed by atoms with E-state index >= 15 is 0 Å². The Morgan fingerprint density at radius 3 is 2.41 bits per heavy atom. The lowest BCUT2D eigenvalue weighted by atomic mass is 9.89. The SMILES string of the molecule is CC(=O)CCc1ccc(OCC(=O)NC2(c3noc(C)n3)CCCCCC2)cc1. The molecule has 1 aliphatic carbocycles. The Balaban J connectivity index is 1.59. The second-order valence-corrected chi connectivity index (χ2v) is 7.82. The number of nitrogens with zero attached hydrogens (tertiary/aromatic N) is 2. The van der Waals surface area contributed by atoms with E-state index in [1.54, 1.807) is 13.8 Å². The highest BCUT2D eigenvalue weighted by Crippen LogP contribution is 2.34. The summed E-state index contributed by atoms with van der Waals surface area (Å²) in [6.45, 7) is 3.27. The summed E-state index contributed by atoms with van der Waals surface area (Å²) in [5.74, 6) is 1.65. The second-order valence-electron chi connectivity index (χ2n) is 7.82. The van der Waals surface area contributed by atoms with Crippen molar-refractivity contribution in [2.24, 2.45) is 0 Å². The fraction of sp³-hybridized carbons (Fsp3) is 0.545. The van der Waals surface area contributed by atoms with Gasteiger partial charge in [-0.15, -0.1) is 0 Å². The molecule has 7 heteroatoms. The van der Waals surface area contributed by atoms with Crippen molar-refractivity contribution >= 4 is 11.7 Å². The van der Waals surface area contributed by atoms with Gasteiger partial charge in [-0.25, -0.2) is 0 Å². The maximum absolute atomic E-state index is 12.7. The molecule has 1 heterocycles. The molecule has 1 N–H and O–H groups in total. The summed E-state index contributed by atoms with van der Waals surface area (Å²) in [7, 11) is 0. The summed E-state index contributed by atoms with van der Waals surface area (Å²) >= 11 is 0. The van der Waals surface area contributed by atoms with E-state index in [2.05, 4.69) is 15.5 Å². The van der Waals surface area contributed by atoms with Crippen LogP contribution in [0, 0.1) is 6.92 Å². The lowest BCUT2D eigenvalue weighted by Crippen LogP contribution is -2.48. The highest BCUT2D eigenvalue weighted by atomic mass is 16.5. The third-order valence-corrected chi connectivity index (χ3v) is 5.35. The molecule has 0 radical (unpaired) electrons. The van der Waals surface area contributed by atoms with Gasteiger partial charge in [-0.05, 0) is 43.9 Å². The van der Waals surface area contributed by atoms with Gasteiger partial charge < -0.3 is 19.4 Å². The minimum Gasteiger partial charge on any atom is -0.484 e. The van der Waals surface area contributed by atoms with Crippen LogP contribution in [0.2, 0.25) is 0 Å². The van der Waals surface area contributed by atoms with Crippen molar-refractivity contribution in [1.29, 1.82) is 0 Å². The van der Waals surface area contributed by atoms with Crippen LogP contribution in [-0.4, -0.2) is 28.4 Å². The summed E-state index contributed by atoms with van der Waals surface area (Å²) in [5.41, 5.74) is 0.479. The molecule has 156 valence electrons. The van der Waals surface area contributed by atoms with Crippen LogP contribution in [0.25, 0.3) is 0 Å². The molecule has 1 aromatic carbocycles. The van der Waals surface area contributed by atoms with Crippen molar-refractivity contribution in [2.75, 3.05) is 6.61 Å². The molecular formula is C22H29N3O4. The van der Waals surface area contributed by atoms with Crippen molar-refractivity contribution in [3.63, 3.8) is 0 Å². The molecule has 1 amide bonds. The molecule has 0 aliphatic heterocycles. The fourth-order valence-electron chi connectivity index (χ4n) is 3.75. The van der Waals surface area contributed by atoms with Crippen LogP contribution in [0.4, 0.5) is 0 Å². The van der Waals surface area contributed by atoms with Crippen LogP contribution in [0.5, 0.6) is 5.75 Å². The van der Waals surface area contributed by atoms with Crippen LogP contribution in [0.1, 0.15) is 69.1 Å². The number of aromatic nitrogens is 2. The van der Waals surface area contributed by atoms with Gasteiger partial charge in [0.15, 0.2) is 12.4 Å². The Hall–Kier alpha value is -2.70. The van der Waals surface area contributed by atoms with E-state index in [1.807, 2.05) is 24.3 Å². The number of ether oxygens (including phenoxy) is 1. The van der Waals surface area contributed by atoms with Gasteiger partial charge in [0.05, 0.1) is 0 Å². The molecule has 0 atom stereocenters. The van der Waals surface area contributed by atoms with E-state index in [4.69, 9.17) is 9.26 Å². The van der Waals surface area contributed by atoms with Gasteiger partial charge in [-0.1, -0.05) is 43.0 Å². The van der Waals surface area contributed by atoms with Gasteiger partial charge in [-0.2, -0.15) is 4.98 Å². The van der Waals surface area contributed by atoms with E-state index in [-0.39, 0.29) is 18.3 Å². The van der Waals surface area contributed by atoms with Gasteiger partial charge >= 0.3 is 0 Å². The Kier molecular flexibility index (Phi) is 7.01. The zero-order valence-electron chi connectivity index (χ0n) is 17.2.